The zero-order chi connectivity index (χ0) is 29.8. The number of piperazine rings is 1. The lowest BCUT2D eigenvalue weighted by atomic mass is 9.45. The van der Waals surface area contributed by atoms with Gasteiger partial charge in [-0.25, -0.2) is 14.4 Å². The Balaban J connectivity index is 1.26. The van der Waals surface area contributed by atoms with Crippen LogP contribution in [0, 0.1) is 29.0 Å². The van der Waals surface area contributed by atoms with Gasteiger partial charge < -0.3 is 15.5 Å². The highest BCUT2D eigenvalue weighted by Crippen LogP contribution is 2.61. The molecule has 7 nitrogen and oxygen atoms in total. The van der Waals surface area contributed by atoms with E-state index in [1.807, 2.05) is 25.1 Å². The van der Waals surface area contributed by atoms with Crippen molar-refractivity contribution < 1.29 is 4.39 Å². The number of rotatable bonds is 5. The van der Waals surface area contributed by atoms with Crippen LogP contribution in [0.15, 0.2) is 58.6 Å². The van der Waals surface area contributed by atoms with Crippen LogP contribution in [-0.2, 0) is 6.42 Å². The number of nitrogens with zero attached hydrogens (tertiary/aromatic N) is 4. The summed E-state index contributed by atoms with van der Waals surface area (Å²) in [4.78, 5) is 25.9. The summed E-state index contributed by atoms with van der Waals surface area (Å²) in [7, 11) is 0. The van der Waals surface area contributed by atoms with E-state index in [4.69, 9.17) is 4.99 Å². The van der Waals surface area contributed by atoms with Gasteiger partial charge >= 0.3 is 0 Å². The summed E-state index contributed by atoms with van der Waals surface area (Å²) >= 11 is 0. The number of benzene rings is 2. The van der Waals surface area contributed by atoms with Crippen molar-refractivity contribution in [2.75, 3.05) is 18.4 Å². The summed E-state index contributed by atoms with van der Waals surface area (Å²) in [6.07, 6.45) is 4.73. The van der Waals surface area contributed by atoms with Crippen molar-refractivity contribution in [2.24, 2.45) is 28.2 Å². The Bertz CT molecular complexity index is 1520. The number of fused-ring (bicyclic) bond motifs is 3. The fraction of sp³-hybridized carbons (Fsp3) is 0.559. The molecule has 3 saturated carbocycles. The van der Waals surface area contributed by atoms with Crippen molar-refractivity contribution in [3.63, 3.8) is 0 Å². The predicted molar refractivity (Wildman–Crippen MR) is 168 cm³/mol. The molecule has 7 rings (SSSR count). The Morgan fingerprint density at radius 1 is 1.12 bits per heavy atom. The van der Waals surface area contributed by atoms with Gasteiger partial charge in [-0.2, -0.15) is 0 Å². The molecular weight excluding hydrogens is 527 g/mol. The minimum Gasteiger partial charge on any atom is -0.340 e. The number of aromatic nitrogens is 2. The molecule has 7 unspecified atom stereocenters. The van der Waals surface area contributed by atoms with E-state index in [1.54, 1.807) is 23.0 Å². The zero-order valence-corrected chi connectivity index (χ0v) is 25.8. The maximum Gasteiger partial charge on any atom is 0.261 e. The van der Waals surface area contributed by atoms with E-state index in [2.05, 4.69) is 55.1 Å². The van der Waals surface area contributed by atoms with Crippen LogP contribution in [0.25, 0.3) is 10.9 Å². The lowest BCUT2D eigenvalue weighted by molar-refractivity contribution is -0.108. The average molecular weight is 573 g/mol. The van der Waals surface area contributed by atoms with E-state index in [1.165, 1.54) is 18.6 Å². The molecule has 0 amide bonds. The first kappa shape index (κ1) is 28.8. The molecule has 0 spiro atoms. The summed E-state index contributed by atoms with van der Waals surface area (Å²) in [6.45, 7) is 15.5. The van der Waals surface area contributed by atoms with Gasteiger partial charge in [0.15, 0.2) is 5.96 Å². The number of guanidine groups is 1. The molecule has 3 aromatic rings. The monoisotopic (exact) mass is 572 g/mol. The molecule has 0 radical (unpaired) electrons. The minimum absolute atomic E-state index is 0.0716. The zero-order valence-electron chi connectivity index (χ0n) is 25.8. The Morgan fingerprint density at radius 3 is 2.50 bits per heavy atom. The first-order chi connectivity index (χ1) is 20.0. The van der Waals surface area contributed by atoms with Crippen molar-refractivity contribution in [2.45, 2.75) is 85.0 Å². The number of hydrogen-bond acceptors (Lipinski definition) is 4. The highest BCUT2D eigenvalue weighted by atomic mass is 19.1. The third-order valence-electron chi connectivity index (χ3n) is 10.4. The van der Waals surface area contributed by atoms with Crippen molar-refractivity contribution in [3.05, 3.63) is 70.5 Å². The van der Waals surface area contributed by atoms with Crippen LogP contribution in [0.1, 0.15) is 66.0 Å². The predicted octanol–water partition coefficient (Wildman–Crippen LogP) is 5.86. The molecular formula is C34H45FN6O. The second-order valence-corrected chi connectivity index (χ2v) is 13.8. The van der Waals surface area contributed by atoms with Crippen LogP contribution in [-0.4, -0.2) is 51.6 Å². The average Bonchev–Trinajstić information content (AvgIpc) is 2.94. The maximum atomic E-state index is 13.5. The van der Waals surface area contributed by atoms with Gasteiger partial charge in [-0.1, -0.05) is 32.9 Å². The van der Waals surface area contributed by atoms with Crippen LogP contribution in [0.3, 0.4) is 0 Å². The van der Waals surface area contributed by atoms with Crippen molar-refractivity contribution in [3.8, 4) is 0 Å². The van der Waals surface area contributed by atoms with E-state index in [0.717, 1.165) is 48.6 Å². The van der Waals surface area contributed by atoms with Gasteiger partial charge in [-0.15, -0.1) is 0 Å². The Morgan fingerprint density at radius 2 is 1.83 bits per heavy atom. The third kappa shape index (κ3) is 5.46. The Kier molecular flexibility index (Phi) is 7.62. The molecule has 224 valence electrons. The summed E-state index contributed by atoms with van der Waals surface area (Å²) in [6, 6.07) is 13.2. The Labute approximate surface area is 248 Å². The Hall–Kier alpha value is -3.26. The highest BCUT2D eigenvalue weighted by Gasteiger charge is 2.56. The first-order valence-corrected chi connectivity index (χ1v) is 15.6. The van der Waals surface area contributed by atoms with E-state index in [9.17, 15) is 9.18 Å². The number of nitrogens with one attached hydrogen (secondary N) is 2. The largest absolute Gasteiger partial charge is 0.340 e. The molecule has 1 aliphatic heterocycles. The van der Waals surface area contributed by atoms with Gasteiger partial charge in [0.1, 0.15) is 5.82 Å². The standard InChI is InChI=1S/C34H45FN6O/c1-20-17-40(18-21(2)37-20)33(39-30-15-25-14-29(23(30)4)34(25,5)6)38-27-11-12-28-31(16-27)36-19-41(32(28)42)22(3)13-24-7-9-26(35)10-8-24/h7-12,16,19-23,25,29-30,37H,13-15,17-18H2,1-6H3,(H,38,39). The van der Waals surface area contributed by atoms with Gasteiger partial charge in [0.2, 0.25) is 0 Å². The molecule has 4 fully saturated rings. The van der Waals surface area contributed by atoms with Gasteiger partial charge in [-0.05, 0) is 99.1 Å². The van der Waals surface area contributed by atoms with Crippen LogP contribution in [0.2, 0.25) is 0 Å². The van der Waals surface area contributed by atoms with E-state index < -0.39 is 0 Å². The molecule has 7 atom stereocenters. The SMILES string of the molecule is CC1CN(C(=NC2CC3CC(C2C)C3(C)C)Nc2ccc3c(=O)n(C(C)Cc4ccc(F)cc4)cnc3c2)CC(C)N1. The van der Waals surface area contributed by atoms with Crippen molar-refractivity contribution in [1.29, 1.82) is 0 Å². The first-order valence-electron chi connectivity index (χ1n) is 15.6. The molecule has 2 aromatic carbocycles. The second kappa shape index (κ2) is 11.1. The lowest BCUT2D eigenvalue weighted by Crippen LogP contribution is -2.59. The number of aliphatic imine (C=N–C) groups is 1. The quantitative estimate of drug-likeness (QED) is 0.296. The molecule has 2 bridgehead atoms. The number of halogens is 1. The van der Waals surface area contributed by atoms with E-state index in [-0.39, 0.29) is 17.4 Å². The summed E-state index contributed by atoms with van der Waals surface area (Å²) in [5, 5.41) is 7.89. The van der Waals surface area contributed by atoms with Gasteiger partial charge in [0.05, 0.1) is 23.3 Å². The molecule has 1 saturated heterocycles. The van der Waals surface area contributed by atoms with Crippen molar-refractivity contribution >= 4 is 22.5 Å². The smallest absolute Gasteiger partial charge is 0.261 e. The molecule has 2 heterocycles. The number of anilines is 1. The van der Waals surface area contributed by atoms with Crippen LogP contribution in [0.4, 0.5) is 10.1 Å². The van der Waals surface area contributed by atoms with Gasteiger partial charge in [0, 0.05) is 36.9 Å². The fourth-order valence-corrected chi connectivity index (χ4v) is 7.86. The highest BCUT2D eigenvalue weighted by molar-refractivity contribution is 5.96. The fourth-order valence-electron chi connectivity index (χ4n) is 7.86. The maximum absolute atomic E-state index is 13.5. The van der Waals surface area contributed by atoms with Crippen LogP contribution < -0.4 is 16.2 Å². The van der Waals surface area contributed by atoms with Crippen LogP contribution in [0.5, 0.6) is 0 Å². The normalized spacial score (nSPS) is 29.7. The molecule has 8 heteroatoms. The minimum atomic E-state index is -0.261. The summed E-state index contributed by atoms with van der Waals surface area (Å²) < 4.78 is 15.0. The topological polar surface area (TPSA) is 74.5 Å². The van der Waals surface area contributed by atoms with Crippen molar-refractivity contribution in [1.82, 2.24) is 19.8 Å². The lowest BCUT2D eigenvalue weighted by Gasteiger charge is -2.61. The molecule has 1 aromatic heterocycles. The van der Waals surface area contributed by atoms with Gasteiger partial charge in [0.25, 0.3) is 5.56 Å². The molecule has 3 aliphatic carbocycles. The summed E-state index contributed by atoms with van der Waals surface area (Å²) in [5.41, 5.74) is 2.87. The van der Waals surface area contributed by atoms with E-state index >= 15 is 0 Å². The molecule has 42 heavy (non-hydrogen) atoms. The summed E-state index contributed by atoms with van der Waals surface area (Å²) in [5.74, 6) is 2.68. The molecule has 4 aliphatic rings. The van der Waals surface area contributed by atoms with Gasteiger partial charge in [-0.3, -0.25) is 9.36 Å². The third-order valence-corrected chi connectivity index (χ3v) is 10.4. The van der Waals surface area contributed by atoms with E-state index in [0.29, 0.717) is 46.8 Å². The van der Waals surface area contributed by atoms with Crippen LogP contribution >= 0.6 is 0 Å². The second-order valence-electron chi connectivity index (χ2n) is 13.8. The molecule has 2 N–H and O–H groups in total. The number of hydrogen-bond donors (Lipinski definition) is 2.